The van der Waals surface area contributed by atoms with Crippen molar-refractivity contribution in [3.05, 3.63) is 197 Å². The van der Waals surface area contributed by atoms with Gasteiger partial charge in [0.05, 0.1) is 28.4 Å². The summed E-state index contributed by atoms with van der Waals surface area (Å²) in [5.41, 5.74) is 18.1. The Kier molecular flexibility index (Phi) is 6.59. The zero-order valence-corrected chi connectivity index (χ0v) is 27.8. The summed E-state index contributed by atoms with van der Waals surface area (Å²) < 4.78 is 0. The minimum absolute atomic E-state index is 0.363. The van der Waals surface area contributed by atoms with Crippen LogP contribution in [0.2, 0.25) is 0 Å². The standard InChI is InChI=1S/C48H31N3/c49-30-31-22-24-32(25-23-31)45-29-46(51-47(50-45)33-12-2-1-3-13-33)40-18-5-4-14-35(40)34-26-27-39-38-17-8-11-21-43(38)48(44(39)28-34)41-19-9-6-15-36(41)37-16-7-10-20-42(37)48/h1-6,8-15,17-29H,7,16H2. The number of hydrogen-bond donors (Lipinski definition) is 0. The van der Waals surface area contributed by atoms with Crippen LogP contribution in [-0.2, 0) is 5.41 Å². The molecule has 1 atom stereocenters. The van der Waals surface area contributed by atoms with Crippen LogP contribution in [0.15, 0.2) is 169 Å². The van der Waals surface area contributed by atoms with Crippen molar-refractivity contribution in [2.75, 3.05) is 0 Å². The first-order valence-corrected chi connectivity index (χ1v) is 17.5. The molecule has 3 aliphatic rings. The van der Waals surface area contributed by atoms with Gasteiger partial charge in [-0.3, -0.25) is 0 Å². The quantitative estimate of drug-likeness (QED) is 0.191. The van der Waals surface area contributed by atoms with E-state index >= 15 is 0 Å². The van der Waals surface area contributed by atoms with Crippen LogP contribution in [0.3, 0.4) is 0 Å². The SMILES string of the molecule is N#Cc1ccc(-c2cc(-c3ccccc3-c3ccc4c(c3)C3(C5=C(CCC=C5)c5ccccc53)c3ccccc3-4)nc(-c3ccccc3)n2)cc1. The van der Waals surface area contributed by atoms with Gasteiger partial charge >= 0.3 is 0 Å². The Labute approximate surface area is 297 Å². The molecule has 0 radical (unpaired) electrons. The van der Waals surface area contributed by atoms with Gasteiger partial charge in [-0.25, -0.2) is 9.97 Å². The van der Waals surface area contributed by atoms with Gasteiger partial charge in [0.15, 0.2) is 5.82 Å². The van der Waals surface area contributed by atoms with E-state index in [-0.39, 0.29) is 5.41 Å². The minimum atomic E-state index is -0.363. The second kappa shape index (κ2) is 11.5. The molecule has 1 heterocycles. The zero-order chi connectivity index (χ0) is 33.9. The van der Waals surface area contributed by atoms with Crippen LogP contribution < -0.4 is 0 Å². The number of benzene rings is 6. The first-order chi connectivity index (χ1) is 25.2. The maximum absolute atomic E-state index is 9.42. The Morgan fingerprint density at radius 2 is 1.14 bits per heavy atom. The van der Waals surface area contributed by atoms with E-state index in [0.717, 1.165) is 52.0 Å². The molecule has 0 N–H and O–H groups in total. The maximum Gasteiger partial charge on any atom is 0.160 e. The lowest BCUT2D eigenvalue weighted by Crippen LogP contribution is -2.27. The van der Waals surface area contributed by atoms with Crippen molar-refractivity contribution in [1.29, 1.82) is 5.26 Å². The van der Waals surface area contributed by atoms with Gasteiger partial charge < -0.3 is 0 Å². The van der Waals surface area contributed by atoms with Gasteiger partial charge in [0, 0.05) is 16.7 Å². The van der Waals surface area contributed by atoms with E-state index in [9.17, 15) is 5.26 Å². The number of nitriles is 1. The van der Waals surface area contributed by atoms with Crippen molar-refractivity contribution in [2.45, 2.75) is 18.3 Å². The summed E-state index contributed by atoms with van der Waals surface area (Å²) in [5.74, 6) is 0.664. The summed E-state index contributed by atoms with van der Waals surface area (Å²) >= 11 is 0. The van der Waals surface area contributed by atoms with E-state index in [1.54, 1.807) is 0 Å². The lowest BCUT2D eigenvalue weighted by atomic mass is 9.68. The van der Waals surface area contributed by atoms with Gasteiger partial charge in [0.1, 0.15) is 0 Å². The van der Waals surface area contributed by atoms with Crippen LogP contribution in [0, 0.1) is 11.3 Å². The summed E-state index contributed by atoms with van der Waals surface area (Å²) in [4.78, 5) is 10.2. The molecule has 10 rings (SSSR count). The first-order valence-electron chi connectivity index (χ1n) is 17.5. The summed E-state index contributed by atoms with van der Waals surface area (Å²) in [6, 6.07) is 55.8. The average molecular weight is 650 g/mol. The Morgan fingerprint density at radius 3 is 1.92 bits per heavy atom. The Bertz CT molecular complexity index is 2640. The molecule has 3 nitrogen and oxygen atoms in total. The van der Waals surface area contributed by atoms with Crippen LogP contribution in [0.25, 0.3) is 61.7 Å². The van der Waals surface area contributed by atoms with Crippen molar-refractivity contribution < 1.29 is 0 Å². The van der Waals surface area contributed by atoms with Crippen molar-refractivity contribution in [3.63, 3.8) is 0 Å². The van der Waals surface area contributed by atoms with E-state index in [1.165, 1.54) is 44.5 Å². The van der Waals surface area contributed by atoms with E-state index in [4.69, 9.17) is 9.97 Å². The molecule has 1 unspecified atom stereocenters. The molecule has 0 aliphatic heterocycles. The lowest BCUT2D eigenvalue weighted by molar-refractivity contribution is 0.781. The monoisotopic (exact) mass is 649 g/mol. The molecule has 1 spiro atoms. The Balaban J connectivity index is 1.19. The third kappa shape index (κ3) is 4.37. The molecule has 0 saturated carbocycles. The normalized spacial score (nSPS) is 16.4. The highest BCUT2D eigenvalue weighted by Crippen LogP contribution is 2.63. The van der Waals surface area contributed by atoms with E-state index in [1.807, 2.05) is 54.6 Å². The van der Waals surface area contributed by atoms with Crippen molar-refractivity contribution in [1.82, 2.24) is 9.97 Å². The number of fused-ring (bicyclic) bond motifs is 9. The van der Waals surface area contributed by atoms with Crippen molar-refractivity contribution in [3.8, 4) is 62.2 Å². The highest BCUT2D eigenvalue weighted by atomic mass is 14.9. The highest BCUT2D eigenvalue weighted by molar-refractivity contribution is 5.97. The van der Waals surface area contributed by atoms with Gasteiger partial charge in [0.25, 0.3) is 0 Å². The lowest BCUT2D eigenvalue weighted by Gasteiger charge is -2.32. The topological polar surface area (TPSA) is 49.6 Å². The molecule has 238 valence electrons. The first kappa shape index (κ1) is 29.3. The maximum atomic E-state index is 9.42. The summed E-state index contributed by atoms with van der Waals surface area (Å²) in [6.45, 7) is 0. The predicted molar refractivity (Wildman–Crippen MR) is 206 cm³/mol. The molecule has 7 aromatic rings. The van der Waals surface area contributed by atoms with Gasteiger partial charge in [-0.15, -0.1) is 0 Å². The van der Waals surface area contributed by atoms with Crippen molar-refractivity contribution >= 4 is 5.57 Å². The molecule has 0 fully saturated rings. The molecular weight excluding hydrogens is 619 g/mol. The second-order valence-corrected chi connectivity index (χ2v) is 13.5. The van der Waals surface area contributed by atoms with Crippen LogP contribution in [0.5, 0.6) is 0 Å². The van der Waals surface area contributed by atoms with Crippen molar-refractivity contribution in [2.24, 2.45) is 0 Å². The molecule has 0 saturated heterocycles. The smallest absolute Gasteiger partial charge is 0.160 e. The van der Waals surface area contributed by atoms with Crippen LogP contribution in [-0.4, -0.2) is 9.97 Å². The number of hydrogen-bond acceptors (Lipinski definition) is 3. The summed E-state index contributed by atoms with van der Waals surface area (Å²) in [6.07, 6.45) is 6.89. The molecule has 51 heavy (non-hydrogen) atoms. The third-order valence-electron chi connectivity index (χ3n) is 10.9. The van der Waals surface area contributed by atoms with E-state index in [0.29, 0.717) is 11.4 Å². The van der Waals surface area contributed by atoms with Gasteiger partial charge in [-0.05, 0) is 92.8 Å². The highest BCUT2D eigenvalue weighted by Gasteiger charge is 2.52. The molecule has 0 amide bonds. The zero-order valence-electron chi connectivity index (χ0n) is 27.8. The molecule has 1 aromatic heterocycles. The molecule has 3 heteroatoms. The Hall–Kier alpha value is -6.63. The third-order valence-corrected chi connectivity index (χ3v) is 10.9. The Morgan fingerprint density at radius 1 is 0.510 bits per heavy atom. The summed E-state index contributed by atoms with van der Waals surface area (Å²) in [5, 5.41) is 9.42. The van der Waals surface area contributed by atoms with Gasteiger partial charge in [-0.2, -0.15) is 5.26 Å². The van der Waals surface area contributed by atoms with E-state index in [2.05, 4.69) is 115 Å². The van der Waals surface area contributed by atoms with E-state index < -0.39 is 0 Å². The average Bonchev–Trinajstić information content (AvgIpc) is 3.68. The molecular formula is C48H31N3. The summed E-state index contributed by atoms with van der Waals surface area (Å²) in [7, 11) is 0. The predicted octanol–water partition coefficient (Wildman–Crippen LogP) is 11.4. The van der Waals surface area contributed by atoms with Crippen LogP contribution >= 0.6 is 0 Å². The number of allylic oxidation sites excluding steroid dienone is 4. The minimum Gasteiger partial charge on any atom is -0.228 e. The number of rotatable bonds is 4. The fourth-order valence-corrected chi connectivity index (χ4v) is 8.66. The number of aromatic nitrogens is 2. The van der Waals surface area contributed by atoms with Gasteiger partial charge in [0.2, 0.25) is 0 Å². The number of nitrogens with zero attached hydrogens (tertiary/aromatic N) is 3. The fraction of sp³-hybridized carbons (Fsp3) is 0.0625. The molecule has 0 bridgehead atoms. The fourth-order valence-electron chi connectivity index (χ4n) is 8.66. The van der Waals surface area contributed by atoms with Gasteiger partial charge in [-0.1, -0.05) is 140 Å². The molecule has 6 aromatic carbocycles. The molecule has 3 aliphatic carbocycles. The van der Waals surface area contributed by atoms with Crippen LogP contribution in [0.1, 0.15) is 40.7 Å². The van der Waals surface area contributed by atoms with Crippen LogP contribution in [0.4, 0.5) is 0 Å². The second-order valence-electron chi connectivity index (χ2n) is 13.5. The largest absolute Gasteiger partial charge is 0.228 e.